The van der Waals surface area contributed by atoms with Crippen molar-refractivity contribution in [2.45, 2.75) is 40.2 Å². The maximum atomic E-state index is 14.1. The van der Waals surface area contributed by atoms with Crippen LogP contribution in [0.1, 0.15) is 36.4 Å². The molecule has 0 unspecified atom stereocenters. The van der Waals surface area contributed by atoms with E-state index in [0.29, 0.717) is 5.56 Å². The highest BCUT2D eigenvalue weighted by Crippen LogP contribution is 2.31. The molecule has 20 heavy (non-hydrogen) atoms. The van der Waals surface area contributed by atoms with E-state index >= 15 is 0 Å². The third-order valence-corrected chi connectivity index (χ3v) is 4.29. The Labute approximate surface area is 124 Å². The van der Waals surface area contributed by atoms with Crippen molar-refractivity contribution in [1.82, 2.24) is 10.3 Å². The molecule has 108 valence electrons. The van der Waals surface area contributed by atoms with Crippen LogP contribution < -0.4 is 5.32 Å². The molecular weight excluding hydrogens is 271 g/mol. The highest BCUT2D eigenvalue weighted by molar-refractivity contribution is 7.15. The minimum atomic E-state index is -0.184. The first-order chi connectivity index (χ1) is 9.65. The highest BCUT2D eigenvalue weighted by atomic mass is 32.1. The molecule has 1 aromatic carbocycles. The smallest absolute Gasteiger partial charge is 0.133 e. The number of hydrogen-bond acceptors (Lipinski definition) is 3. The molecule has 0 bridgehead atoms. The van der Waals surface area contributed by atoms with Crippen molar-refractivity contribution in [2.24, 2.45) is 0 Å². The van der Waals surface area contributed by atoms with Crippen molar-refractivity contribution in [3.63, 3.8) is 0 Å². The van der Waals surface area contributed by atoms with Gasteiger partial charge in [-0.25, -0.2) is 9.37 Å². The van der Waals surface area contributed by atoms with Crippen LogP contribution >= 0.6 is 11.3 Å². The van der Waals surface area contributed by atoms with Crippen LogP contribution in [0.4, 0.5) is 4.39 Å². The molecule has 0 aliphatic carbocycles. The van der Waals surface area contributed by atoms with E-state index in [9.17, 15) is 4.39 Å². The fourth-order valence-electron chi connectivity index (χ4n) is 2.10. The molecule has 1 N–H and O–H groups in total. The van der Waals surface area contributed by atoms with Gasteiger partial charge in [-0.2, -0.15) is 0 Å². The average molecular weight is 292 g/mol. The molecule has 0 radical (unpaired) electrons. The minimum absolute atomic E-state index is 0.184. The summed E-state index contributed by atoms with van der Waals surface area (Å²) < 4.78 is 14.1. The van der Waals surface area contributed by atoms with Crippen molar-refractivity contribution in [1.29, 1.82) is 0 Å². The normalized spacial score (nSPS) is 11.0. The molecule has 0 aliphatic heterocycles. The topological polar surface area (TPSA) is 24.9 Å². The van der Waals surface area contributed by atoms with E-state index in [1.807, 2.05) is 19.1 Å². The van der Waals surface area contributed by atoms with Crippen molar-refractivity contribution < 1.29 is 4.39 Å². The quantitative estimate of drug-likeness (QED) is 0.857. The van der Waals surface area contributed by atoms with Crippen molar-refractivity contribution in [2.75, 3.05) is 6.54 Å². The van der Waals surface area contributed by atoms with Gasteiger partial charge in [-0.05, 0) is 37.6 Å². The molecule has 4 heteroatoms. The van der Waals surface area contributed by atoms with Crippen LogP contribution in [0.2, 0.25) is 0 Å². The molecule has 0 atom stereocenters. The van der Waals surface area contributed by atoms with Gasteiger partial charge in [0, 0.05) is 17.0 Å². The zero-order chi connectivity index (χ0) is 14.5. The first kappa shape index (κ1) is 15.1. The number of aryl methyl sites for hydroxylation is 2. The lowest BCUT2D eigenvalue weighted by Gasteiger charge is -2.00. The van der Waals surface area contributed by atoms with E-state index in [2.05, 4.69) is 24.1 Å². The van der Waals surface area contributed by atoms with Crippen LogP contribution in [-0.2, 0) is 13.0 Å². The third-order valence-electron chi connectivity index (χ3n) is 3.16. The molecule has 0 fully saturated rings. The van der Waals surface area contributed by atoms with Gasteiger partial charge < -0.3 is 5.32 Å². The van der Waals surface area contributed by atoms with Crippen LogP contribution in [0.25, 0.3) is 10.6 Å². The van der Waals surface area contributed by atoms with Crippen molar-refractivity contribution in [3.05, 3.63) is 40.2 Å². The first-order valence-electron chi connectivity index (χ1n) is 7.11. The maximum absolute atomic E-state index is 14.1. The fraction of sp³-hybridized carbons (Fsp3) is 0.438. The zero-order valence-electron chi connectivity index (χ0n) is 12.3. The maximum Gasteiger partial charge on any atom is 0.133 e. The summed E-state index contributed by atoms with van der Waals surface area (Å²) in [6.07, 6.45) is 2.00. The Balaban J connectivity index is 2.36. The number of benzene rings is 1. The molecule has 0 saturated carbocycles. The second kappa shape index (κ2) is 6.95. The Morgan fingerprint density at radius 1 is 1.30 bits per heavy atom. The summed E-state index contributed by atoms with van der Waals surface area (Å²) in [4.78, 5) is 5.88. The van der Waals surface area contributed by atoms with E-state index in [1.165, 1.54) is 4.88 Å². The second-order valence-corrected chi connectivity index (χ2v) is 5.99. The van der Waals surface area contributed by atoms with Crippen LogP contribution in [0.5, 0.6) is 0 Å². The lowest BCUT2D eigenvalue weighted by molar-refractivity contribution is 0.630. The molecular formula is C16H21FN2S. The van der Waals surface area contributed by atoms with E-state index in [4.69, 9.17) is 0 Å². The second-order valence-electron chi connectivity index (χ2n) is 4.90. The summed E-state index contributed by atoms with van der Waals surface area (Å²) in [5.41, 5.74) is 2.65. The van der Waals surface area contributed by atoms with Crippen LogP contribution in [0, 0.1) is 12.7 Å². The molecule has 2 nitrogen and oxygen atoms in total. The SMILES string of the molecule is CCCc1nc(-c2ccc(C)cc2F)sc1CNCC. The Hall–Kier alpha value is -1.26. The standard InChI is InChI=1S/C16H21FN2S/c1-4-6-14-15(10-18-5-2)20-16(19-14)12-8-7-11(3)9-13(12)17/h7-9,18H,4-6,10H2,1-3H3. The van der Waals surface area contributed by atoms with Gasteiger partial charge in [0.1, 0.15) is 10.8 Å². The molecule has 1 aromatic heterocycles. The number of nitrogens with one attached hydrogen (secondary N) is 1. The number of aromatic nitrogens is 1. The van der Waals surface area contributed by atoms with Gasteiger partial charge >= 0.3 is 0 Å². The summed E-state index contributed by atoms with van der Waals surface area (Å²) in [5.74, 6) is -0.184. The summed E-state index contributed by atoms with van der Waals surface area (Å²) >= 11 is 1.60. The van der Waals surface area contributed by atoms with Crippen LogP contribution in [-0.4, -0.2) is 11.5 Å². The van der Waals surface area contributed by atoms with E-state index < -0.39 is 0 Å². The summed E-state index contributed by atoms with van der Waals surface area (Å²) in [6.45, 7) is 7.87. The predicted octanol–water partition coefficient (Wildman–Crippen LogP) is 4.32. The number of rotatable bonds is 6. The zero-order valence-corrected chi connectivity index (χ0v) is 13.1. The van der Waals surface area contributed by atoms with Crippen LogP contribution in [0.3, 0.4) is 0 Å². The molecule has 0 amide bonds. The van der Waals surface area contributed by atoms with E-state index in [1.54, 1.807) is 17.4 Å². The van der Waals surface area contributed by atoms with E-state index in [-0.39, 0.29) is 5.82 Å². The summed E-state index contributed by atoms with van der Waals surface area (Å²) in [7, 11) is 0. The number of nitrogens with zero attached hydrogens (tertiary/aromatic N) is 1. The third kappa shape index (κ3) is 3.44. The Morgan fingerprint density at radius 2 is 2.10 bits per heavy atom. The first-order valence-corrected chi connectivity index (χ1v) is 7.93. The number of hydrogen-bond donors (Lipinski definition) is 1. The van der Waals surface area contributed by atoms with Gasteiger partial charge in [0.2, 0.25) is 0 Å². The molecule has 1 heterocycles. The number of halogens is 1. The summed E-state index contributed by atoms with van der Waals surface area (Å²) in [6, 6.07) is 5.33. The summed E-state index contributed by atoms with van der Waals surface area (Å²) in [5, 5.41) is 4.12. The minimum Gasteiger partial charge on any atom is -0.312 e. The fourth-order valence-corrected chi connectivity index (χ4v) is 3.21. The molecule has 0 spiro atoms. The van der Waals surface area contributed by atoms with Gasteiger partial charge in [0.15, 0.2) is 0 Å². The Bertz CT molecular complexity index is 578. The molecule has 2 rings (SSSR count). The van der Waals surface area contributed by atoms with Gasteiger partial charge in [0.25, 0.3) is 0 Å². The Morgan fingerprint density at radius 3 is 2.75 bits per heavy atom. The van der Waals surface area contributed by atoms with Crippen molar-refractivity contribution >= 4 is 11.3 Å². The number of thiazole rings is 1. The monoisotopic (exact) mass is 292 g/mol. The van der Waals surface area contributed by atoms with E-state index in [0.717, 1.165) is 42.2 Å². The Kier molecular flexibility index (Phi) is 5.26. The van der Waals surface area contributed by atoms with Gasteiger partial charge in [-0.1, -0.05) is 26.3 Å². The van der Waals surface area contributed by atoms with Crippen molar-refractivity contribution in [3.8, 4) is 10.6 Å². The predicted molar refractivity (Wildman–Crippen MR) is 83.6 cm³/mol. The lowest BCUT2D eigenvalue weighted by atomic mass is 10.1. The molecule has 2 aromatic rings. The highest BCUT2D eigenvalue weighted by Gasteiger charge is 2.14. The van der Waals surface area contributed by atoms with Gasteiger partial charge in [-0.15, -0.1) is 11.3 Å². The lowest BCUT2D eigenvalue weighted by Crippen LogP contribution is -2.11. The molecule has 0 saturated heterocycles. The largest absolute Gasteiger partial charge is 0.312 e. The molecule has 0 aliphatic rings. The average Bonchev–Trinajstić information content (AvgIpc) is 2.80. The van der Waals surface area contributed by atoms with Gasteiger partial charge in [0.05, 0.1) is 5.69 Å². The van der Waals surface area contributed by atoms with Crippen LogP contribution in [0.15, 0.2) is 18.2 Å². The van der Waals surface area contributed by atoms with Gasteiger partial charge in [-0.3, -0.25) is 0 Å².